The number of fused-ring (bicyclic) bond motifs is 1. The lowest BCUT2D eigenvalue weighted by molar-refractivity contribution is 0.0600. The van der Waals surface area contributed by atoms with Gasteiger partial charge in [0.1, 0.15) is 0 Å². The number of primary amides is 1. The molecule has 126 valence electrons. The molecule has 3 rings (SSSR count). The van der Waals surface area contributed by atoms with E-state index in [4.69, 9.17) is 10.5 Å². The molecule has 0 radical (unpaired) electrons. The molecule has 2 aromatic rings. The number of nitrogens with two attached hydrogens (primary N) is 1. The van der Waals surface area contributed by atoms with Crippen molar-refractivity contribution < 1.29 is 14.3 Å². The number of benzene rings is 1. The highest BCUT2D eigenvalue weighted by Crippen LogP contribution is 2.22. The van der Waals surface area contributed by atoms with Crippen molar-refractivity contribution in [1.29, 1.82) is 0 Å². The van der Waals surface area contributed by atoms with Crippen molar-refractivity contribution in [2.45, 2.75) is 19.5 Å². The Morgan fingerprint density at radius 2 is 2.00 bits per heavy atom. The van der Waals surface area contributed by atoms with Crippen LogP contribution in [0.15, 0.2) is 24.3 Å². The summed E-state index contributed by atoms with van der Waals surface area (Å²) in [6, 6.07) is 7.16. The molecule has 0 spiro atoms. The number of ether oxygens (including phenoxy) is 1. The second-order valence-electron chi connectivity index (χ2n) is 5.97. The Balaban J connectivity index is 1.89. The van der Waals surface area contributed by atoms with Crippen molar-refractivity contribution in [3.05, 3.63) is 52.3 Å². The van der Waals surface area contributed by atoms with Gasteiger partial charge in [0.05, 0.1) is 19.2 Å². The number of esters is 1. The Hall–Kier alpha value is -2.67. The summed E-state index contributed by atoms with van der Waals surface area (Å²) in [5.41, 5.74) is 9.29. The van der Waals surface area contributed by atoms with E-state index >= 15 is 0 Å². The maximum Gasteiger partial charge on any atom is 0.337 e. The first-order valence-electron chi connectivity index (χ1n) is 7.73. The van der Waals surface area contributed by atoms with Gasteiger partial charge >= 0.3 is 5.97 Å². The summed E-state index contributed by atoms with van der Waals surface area (Å²) in [6.45, 7) is 2.12. The number of likely N-dealkylation sites (N-methyl/N-ethyl adjacent to an activating group) is 1. The molecule has 1 aliphatic rings. The van der Waals surface area contributed by atoms with Crippen molar-refractivity contribution in [2.24, 2.45) is 5.73 Å². The number of hydrogen-bond donors (Lipinski definition) is 1. The fourth-order valence-corrected chi connectivity index (χ4v) is 2.99. The van der Waals surface area contributed by atoms with Gasteiger partial charge in [-0.1, -0.05) is 12.1 Å². The number of carbonyl (C=O) groups is 2. The van der Waals surface area contributed by atoms with Crippen LogP contribution in [0.25, 0.3) is 0 Å². The first-order valence-corrected chi connectivity index (χ1v) is 7.73. The van der Waals surface area contributed by atoms with E-state index in [1.165, 1.54) is 7.11 Å². The lowest BCUT2D eigenvalue weighted by Gasteiger charge is -2.23. The second kappa shape index (κ2) is 6.45. The van der Waals surface area contributed by atoms with E-state index in [9.17, 15) is 9.59 Å². The van der Waals surface area contributed by atoms with Gasteiger partial charge in [0.25, 0.3) is 5.91 Å². The van der Waals surface area contributed by atoms with E-state index in [0.717, 1.165) is 29.8 Å². The van der Waals surface area contributed by atoms with E-state index < -0.39 is 5.91 Å². The summed E-state index contributed by atoms with van der Waals surface area (Å²) < 4.78 is 6.54. The van der Waals surface area contributed by atoms with Gasteiger partial charge in [0.15, 0.2) is 5.69 Å². The summed E-state index contributed by atoms with van der Waals surface area (Å²) in [5.74, 6) is -0.863. The van der Waals surface area contributed by atoms with Crippen LogP contribution in [0.1, 0.15) is 37.7 Å². The Morgan fingerprint density at radius 1 is 1.29 bits per heavy atom. The third-order valence-electron chi connectivity index (χ3n) is 4.27. The van der Waals surface area contributed by atoms with Crippen molar-refractivity contribution in [3.8, 4) is 0 Å². The molecule has 1 aromatic heterocycles. The van der Waals surface area contributed by atoms with Crippen molar-refractivity contribution in [1.82, 2.24) is 14.7 Å². The van der Waals surface area contributed by atoms with Crippen molar-refractivity contribution in [2.75, 3.05) is 20.7 Å². The Labute approximate surface area is 140 Å². The van der Waals surface area contributed by atoms with Crippen LogP contribution in [0, 0.1) is 0 Å². The lowest BCUT2D eigenvalue weighted by atomic mass is 10.1. The van der Waals surface area contributed by atoms with Crippen LogP contribution in [0.3, 0.4) is 0 Å². The molecule has 1 aromatic carbocycles. The van der Waals surface area contributed by atoms with Gasteiger partial charge in [-0.3, -0.25) is 9.48 Å². The number of aromatic nitrogens is 2. The SMILES string of the molecule is COC(=O)c1ccc(Cn2nc(C(N)=O)c3c2CCN(C)C3)cc1. The molecule has 7 heteroatoms. The fourth-order valence-electron chi connectivity index (χ4n) is 2.99. The minimum atomic E-state index is -0.499. The first-order chi connectivity index (χ1) is 11.5. The molecule has 0 saturated carbocycles. The van der Waals surface area contributed by atoms with Gasteiger partial charge in [-0.15, -0.1) is 0 Å². The minimum absolute atomic E-state index is 0.350. The number of carbonyl (C=O) groups excluding carboxylic acids is 2. The zero-order chi connectivity index (χ0) is 17.3. The summed E-state index contributed by atoms with van der Waals surface area (Å²) in [7, 11) is 3.37. The van der Waals surface area contributed by atoms with Crippen LogP contribution < -0.4 is 5.73 Å². The highest BCUT2D eigenvalue weighted by Gasteiger charge is 2.25. The highest BCUT2D eigenvalue weighted by molar-refractivity contribution is 5.92. The molecule has 0 atom stereocenters. The van der Waals surface area contributed by atoms with Crippen LogP contribution in [-0.2, 0) is 24.2 Å². The summed E-state index contributed by atoms with van der Waals surface area (Å²) in [5, 5.41) is 4.42. The maximum absolute atomic E-state index is 11.7. The van der Waals surface area contributed by atoms with Gasteiger partial charge in [-0.25, -0.2) is 4.79 Å². The standard InChI is InChI=1S/C17H20N4O3/c1-20-8-7-14-13(10-20)15(16(18)22)19-21(14)9-11-3-5-12(6-4-11)17(23)24-2/h3-6H,7-10H2,1-2H3,(H2,18,22). The van der Waals surface area contributed by atoms with Crippen molar-refractivity contribution >= 4 is 11.9 Å². The van der Waals surface area contributed by atoms with Gasteiger partial charge in [-0.2, -0.15) is 5.10 Å². The van der Waals surface area contributed by atoms with Crippen LogP contribution in [0.2, 0.25) is 0 Å². The summed E-state index contributed by atoms with van der Waals surface area (Å²) in [6.07, 6.45) is 0.826. The van der Waals surface area contributed by atoms with Gasteiger partial charge < -0.3 is 15.4 Å². The Kier molecular flexibility index (Phi) is 4.35. The zero-order valence-corrected chi connectivity index (χ0v) is 13.8. The molecule has 2 heterocycles. The molecule has 7 nitrogen and oxygen atoms in total. The fraction of sp³-hybridized carbons (Fsp3) is 0.353. The van der Waals surface area contributed by atoms with Crippen molar-refractivity contribution in [3.63, 3.8) is 0 Å². The predicted octanol–water partition coefficient (Wildman–Crippen LogP) is 0.805. The molecular weight excluding hydrogens is 308 g/mol. The quantitative estimate of drug-likeness (QED) is 0.839. The highest BCUT2D eigenvalue weighted by atomic mass is 16.5. The molecule has 24 heavy (non-hydrogen) atoms. The van der Waals surface area contributed by atoms with E-state index in [1.807, 2.05) is 23.9 Å². The normalized spacial score (nSPS) is 14.2. The molecule has 0 saturated heterocycles. The van der Waals surface area contributed by atoms with Gasteiger partial charge in [-0.05, 0) is 24.7 Å². The van der Waals surface area contributed by atoms with E-state index in [1.54, 1.807) is 12.1 Å². The lowest BCUT2D eigenvalue weighted by Crippen LogP contribution is -2.28. The smallest absolute Gasteiger partial charge is 0.337 e. The number of nitrogens with zero attached hydrogens (tertiary/aromatic N) is 3. The monoisotopic (exact) mass is 328 g/mol. The molecule has 0 aliphatic carbocycles. The number of hydrogen-bond acceptors (Lipinski definition) is 5. The average Bonchev–Trinajstić information content (AvgIpc) is 2.92. The van der Waals surface area contributed by atoms with E-state index in [2.05, 4.69) is 10.00 Å². The molecule has 0 unspecified atom stereocenters. The maximum atomic E-state index is 11.7. The van der Waals surface area contributed by atoms with Gasteiger partial charge in [0.2, 0.25) is 0 Å². The van der Waals surface area contributed by atoms with E-state index in [-0.39, 0.29) is 5.97 Å². The topological polar surface area (TPSA) is 90.5 Å². The minimum Gasteiger partial charge on any atom is -0.465 e. The molecule has 2 N–H and O–H groups in total. The number of methoxy groups -OCH3 is 1. The third-order valence-corrected chi connectivity index (χ3v) is 4.27. The van der Waals surface area contributed by atoms with E-state index in [0.29, 0.717) is 24.3 Å². The number of rotatable bonds is 4. The Bertz CT molecular complexity index is 780. The van der Waals surface area contributed by atoms with Crippen LogP contribution in [-0.4, -0.2) is 47.3 Å². The average molecular weight is 328 g/mol. The molecule has 0 fully saturated rings. The second-order valence-corrected chi connectivity index (χ2v) is 5.97. The predicted molar refractivity (Wildman–Crippen MR) is 87.7 cm³/mol. The third kappa shape index (κ3) is 3.03. The molecule has 1 aliphatic heterocycles. The number of amides is 1. The first kappa shape index (κ1) is 16.2. The largest absolute Gasteiger partial charge is 0.465 e. The van der Waals surface area contributed by atoms with Crippen LogP contribution in [0.5, 0.6) is 0 Å². The van der Waals surface area contributed by atoms with Gasteiger partial charge in [0, 0.05) is 30.8 Å². The Morgan fingerprint density at radius 3 is 2.62 bits per heavy atom. The summed E-state index contributed by atoms with van der Waals surface area (Å²) in [4.78, 5) is 25.3. The summed E-state index contributed by atoms with van der Waals surface area (Å²) >= 11 is 0. The molecule has 0 bridgehead atoms. The van der Waals surface area contributed by atoms with Crippen LogP contribution >= 0.6 is 0 Å². The molecule has 1 amide bonds. The molecular formula is C17H20N4O3. The zero-order valence-electron chi connectivity index (χ0n) is 13.8. The van der Waals surface area contributed by atoms with Crippen LogP contribution in [0.4, 0.5) is 0 Å².